The lowest BCUT2D eigenvalue weighted by molar-refractivity contribution is 0.0773. The lowest BCUT2D eigenvalue weighted by Gasteiger charge is -2.19. The molecule has 1 unspecified atom stereocenters. The molecule has 1 N–H and O–H groups in total. The standard InChI is InChI=1S/C15H22N2O3S/c1-3-17(4-2)15(18)12-6-5-7-13(10-12)16-14-8-9-21(19,20)11-14/h5-7,10,14,16H,3-4,8-9,11H2,1-2H3. The molecule has 0 saturated carbocycles. The zero-order chi connectivity index (χ0) is 15.5. The van der Waals surface area contributed by atoms with Crippen LogP contribution in [0.15, 0.2) is 24.3 Å². The predicted molar refractivity (Wildman–Crippen MR) is 84.4 cm³/mol. The van der Waals surface area contributed by atoms with Crippen molar-refractivity contribution in [2.24, 2.45) is 0 Å². The van der Waals surface area contributed by atoms with Gasteiger partial charge >= 0.3 is 0 Å². The van der Waals surface area contributed by atoms with E-state index in [1.165, 1.54) is 0 Å². The van der Waals surface area contributed by atoms with Gasteiger partial charge in [0.1, 0.15) is 0 Å². The number of amides is 1. The van der Waals surface area contributed by atoms with Gasteiger partial charge in [-0.2, -0.15) is 0 Å². The van der Waals surface area contributed by atoms with E-state index in [-0.39, 0.29) is 23.5 Å². The lowest BCUT2D eigenvalue weighted by Crippen LogP contribution is -2.30. The molecular weight excluding hydrogens is 288 g/mol. The molecule has 116 valence electrons. The Hall–Kier alpha value is -1.56. The second kappa shape index (κ2) is 6.47. The molecule has 0 radical (unpaired) electrons. The summed E-state index contributed by atoms with van der Waals surface area (Å²) < 4.78 is 22.9. The van der Waals surface area contributed by atoms with Gasteiger partial charge < -0.3 is 10.2 Å². The number of hydrogen-bond donors (Lipinski definition) is 1. The second-order valence-corrected chi connectivity index (χ2v) is 7.53. The largest absolute Gasteiger partial charge is 0.381 e. The summed E-state index contributed by atoms with van der Waals surface area (Å²) in [6.07, 6.45) is 0.622. The highest BCUT2D eigenvalue weighted by Gasteiger charge is 2.27. The highest BCUT2D eigenvalue weighted by atomic mass is 32.2. The minimum Gasteiger partial charge on any atom is -0.381 e. The van der Waals surface area contributed by atoms with Gasteiger partial charge in [0.2, 0.25) is 0 Å². The summed E-state index contributed by atoms with van der Waals surface area (Å²) in [7, 11) is -2.90. The topological polar surface area (TPSA) is 66.5 Å². The Bertz CT molecular complexity index is 609. The van der Waals surface area contributed by atoms with Crippen molar-refractivity contribution < 1.29 is 13.2 Å². The Morgan fingerprint density at radius 2 is 2.05 bits per heavy atom. The van der Waals surface area contributed by atoms with E-state index in [4.69, 9.17) is 0 Å². The summed E-state index contributed by atoms with van der Waals surface area (Å²) in [5.41, 5.74) is 1.43. The van der Waals surface area contributed by atoms with Crippen molar-refractivity contribution >= 4 is 21.4 Å². The van der Waals surface area contributed by atoms with E-state index in [1.807, 2.05) is 26.0 Å². The highest BCUT2D eigenvalue weighted by molar-refractivity contribution is 7.91. The fourth-order valence-corrected chi connectivity index (χ4v) is 4.25. The van der Waals surface area contributed by atoms with Gasteiger partial charge in [0.05, 0.1) is 11.5 Å². The van der Waals surface area contributed by atoms with Crippen LogP contribution >= 0.6 is 0 Å². The van der Waals surface area contributed by atoms with Crippen molar-refractivity contribution in [2.45, 2.75) is 26.3 Å². The second-order valence-electron chi connectivity index (χ2n) is 5.30. The molecule has 1 aromatic rings. The van der Waals surface area contributed by atoms with E-state index >= 15 is 0 Å². The van der Waals surface area contributed by atoms with Gasteiger partial charge in [0.25, 0.3) is 5.91 Å². The van der Waals surface area contributed by atoms with E-state index in [2.05, 4.69) is 5.32 Å². The maximum Gasteiger partial charge on any atom is 0.253 e. The molecule has 1 fully saturated rings. The fraction of sp³-hybridized carbons (Fsp3) is 0.533. The van der Waals surface area contributed by atoms with Crippen LogP contribution in [0.5, 0.6) is 0 Å². The average Bonchev–Trinajstić information content (AvgIpc) is 2.79. The summed E-state index contributed by atoms with van der Waals surface area (Å²) in [6.45, 7) is 5.25. The quantitative estimate of drug-likeness (QED) is 0.900. The van der Waals surface area contributed by atoms with Crippen LogP contribution in [0.25, 0.3) is 0 Å². The van der Waals surface area contributed by atoms with Crippen molar-refractivity contribution in [1.29, 1.82) is 0 Å². The van der Waals surface area contributed by atoms with Gasteiger partial charge in [0.15, 0.2) is 9.84 Å². The van der Waals surface area contributed by atoms with E-state index in [0.29, 0.717) is 25.1 Å². The van der Waals surface area contributed by atoms with Crippen LogP contribution in [0.4, 0.5) is 5.69 Å². The van der Waals surface area contributed by atoms with Gasteiger partial charge in [-0.1, -0.05) is 6.07 Å². The number of benzene rings is 1. The van der Waals surface area contributed by atoms with Crippen molar-refractivity contribution in [2.75, 3.05) is 29.9 Å². The first-order chi connectivity index (χ1) is 9.95. The van der Waals surface area contributed by atoms with E-state index in [9.17, 15) is 13.2 Å². The van der Waals surface area contributed by atoms with Crippen molar-refractivity contribution in [1.82, 2.24) is 4.90 Å². The van der Waals surface area contributed by atoms with Crippen LogP contribution in [0.3, 0.4) is 0 Å². The number of nitrogens with one attached hydrogen (secondary N) is 1. The highest BCUT2D eigenvalue weighted by Crippen LogP contribution is 2.19. The first kappa shape index (κ1) is 15.8. The van der Waals surface area contributed by atoms with Gasteiger partial charge in [-0.05, 0) is 38.5 Å². The average molecular weight is 310 g/mol. The van der Waals surface area contributed by atoms with Crippen molar-refractivity contribution in [3.8, 4) is 0 Å². The lowest BCUT2D eigenvalue weighted by atomic mass is 10.1. The predicted octanol–water partition coefficient (Wildman–Crippen LogP) is 1.77. The fourth-order valence-electron chi connectivity index (χ4n) is 2.58. The van der Waals surface area contributed by atoms with Crippen LogP contribution in [0, 0.1) is 0 Å². The first-order valence-corrected chi connectivity index (χ1v) is 9.13. The molecule has 0 aromatic heterocycles. The smallest absolute Gasteiger partial charge is 0.253 e. The maximum atomic E-state index is 12.3. The Morgan fingerprint density at radius 1 is 1.33 bits per heavy atom. The summed E-state index contributed by atoms with van der Waals surface area (Å²) in [4.78, 5) is 14.1. The Morgan fingerprint density at radius 3 is 2.62 bits per heavy atom. The van der Waals surface area contributed by atoms with E-state index in [1.54, 1.807) is 17.0 Å². The normalized spacial score (nSPS) is 20.2. The van der Waals surface area contributed by atoms with Crippen LogP contribution < -0.4 is 5.32 Å². The zero-order valence-corrected chi connectivity index (χ0v) is 13.3. The molecule has 1 atom stereocenters. The van der Waals surface area contributed by atoms with Crippen LogP contribution in [-0.4, -0.2) is 49.9 Å². The third-order valence-electron chi connectivity index (χ3n) is 3.76. The molecule has 0 spiro atoms. The number of rotatable bonds is 5. The van der Waals surface area contributed by atoms with Gasteiger partial charge in [-0.25, -0.2) is 8.42 Å². The minimum absolute atomic E-state index is 0.00249. The van der Waals surface area contributed by atoms with Crippen LogP contribution in [0.2, 0.25) is 0 Å². The molecule has 0 bridgehead atoms. The van der Waals surface area contributed by atoms with Crippen molar-refractivity contribution in [3.63, 3.8) is 0 Å². The monoisotopic (exact) mass is 310 g/mol. The molecular formula is C15H22N2O3S. The molecule has 1 aliphatic rings. The number of sulfone groups is 1. The summed E-state index contributed by atoms with van der Waals surface area (Å²) in [5.74, 6) is 0.409. The third-order valence-corrected chi connectivity index (χ3v) is 5.53. The Balaban J connectivity index is 2.09. The van der Waals surface area contributed by atoms with E-state index < -0.39 is 9.84 Å². The molecule has 5 nitrogen and oxygen atoms in total. The number of nitrogens with zero attached hydrogens (tertiary/aromatic N) is 1. The summed E-state index contributed by atoms with van der Waals surface area (Å²) >= 11 is 0. The summed E-state index contributed by atoms with van der Waals surface area (Å²) in [5, 5.41) is 3.22. The third kappa shape index (κ3) is 3.97. The molecule has 1 saturated heterocycles. The van der Waals surface area contributed by atoms with Crippen LogP contribution in [0.1, 0.15) is 30.6 Å². The molecule has 1 aliphatic heterocycles. The minimum atomic E-state index is -2.90. The number of anilines is 1. The number of carbonyl (C=O) groups is 1. The SMILES string of the molecule is CCN(CC)C(=O)c1cccc(NC2CCS(=O)(=O)C2)c1. The zero-order valence-electron chi connectivity index (χ0n) is 12.5. The Labute approximate surface area is 126 Å². The van der Waals surface area contributed by atoms with Gasteiger partial charge in [-0.3, -0.25) is 4.79 Å². The molecule has 2 rings (SSSR count). The molecule has 6 heteroatoms. The van der Waals surface area contributed by atoms with Gasteiger partial charge in [0, 0.05) is 30.4 Å². The molecule has 1 heterocycles. The van der Waals surface area contributed by atoms with Crippen molar-refractivity contribution in [3.05, 3.63) is 29.8 Å². The first-order valence-electron chi connectivity index (χ1n) is 7.31. The number of carbonyl (C=O) groups excluding carboxylic acids is 1. The molecule has 1 amide bonds. The van der Waals surface area contributed by atoms with Gasteiger partial charge in [-0.15, -0.1) is 0 Å². The Kier molecular flexibility index (Phi) is 4.88. The number of hydrogen-bond acceptors (Lipinski definition) is 4. The molecule has 0 aliphatic carbocycles. The summed E-state index contributed by atoms with van der Waals surface area (Å²) in [6, 6.07) is 7.21. The molecule has 21 heavy (non-hydrogen) atoms. The molecule has 1 aromatic carbocycles. The van der Waals surface area contributed by atoms with E-state index in [0.717, 1.165) is 5.69 Å². The van der Waals surface area contributed by atoms with Crippen LogP contribution in [-0.2, 0) is 9.84 Å². The maximum absolute atomic E-state index is 12.3.